The van der Waals surface area contributed by atoms with Gasteiger partial charge in [0.1, 0.15) is 0 Å². The molecule has 2 N–H and O–H groups in total. The zero-order chi connectivity index (χ0) is 13.4. The van der Waals surface area contributed by atoms with Crippen molar-refractivity contribution in [3.05, 3.63) is 0 Å². The quantitative estimate of drug-likeness (QED) is 0.601. The summed E-state index contributed by atoms with van der Waals surface area (Å²) in [5, 5.41) is 11.5. The SMILES string of the molecule is CC(C)NC(=O)CN(CCN(C)C)CC(=O)O. The third kappa shape index (κ3) is 9.77. The summed E-state index contributed by atoms with van der Waals surface area (Å²) >= 11 is 0. The molecule has 0 unspecified atom stereocenters. The van der Waals surface area contributed by atoms with Crippen LogP contribution in [0.25, 0.3) is 0 Å². The van der Waals surface area contributed by atoms with E-state index < -0.39 is 5.97 Å². The molecule has 0 aliphatic heterocycles. The van der Waals surface area contributed by atoms with Gasteiger partial charge in [0.15, 0.2) is 0 Å². The minimum atomic E-state index is -0.916. The molecule has 0 radical (unpaired) electrons. The molecule has 100 valence electrons. The number of carbonyl (C=O) groups is 2. The van der Waals surface area contributed by atoms with Crippen LogP contribution in [0, 0.1) is 0 Å². The summed E-state index contributed by atoms with van der Waals surface area (Å²) in [4.78, 5) is 25.8. The van der Waals surface area contributed by atoms with Gasteiger partial charge in [0.05, 0.1) is 13.1 Å². The Morgan fingerprint density at radius 2 is 1.76 bits per heavy atom. The molecule has 0 aromatic carbocycles. The largest absolute Gasteiger partial charge is 0.480 e. The molecule has 0 rings (SSSR count). The molecular formula is C11H23N3O3. The molecule has 6 nitrogen and oxygen atoms in total. The van der Waals surface area contributed by atoms with Gasteiger partial charge in [-0.25, -0.2) is 0 Å². The van der Waals surface area contributed by atoms with Gasteiger partial charge in [0.25, 0.3) is 0 Å². The van der Waals surface area contributed by atoms with Crippen LogP contribution in [-0.2, 0) is 9.59 Å². The molecule has 0 saturated carbocycles. The Bertz CT molecular complexity index is 254. The lowest BCUT2D eigenvalue weighted by Gasteiger charge is -2.22. The Labute approximate surface area is 103 Å². The van der Waals surface area contributed by atoms with Crippen LogP contribution >= 0.6 is 0 Å². The summed E-state index contributed by atoms with van der Waals surface area (Å²) in [6.45, 7) is 5.04. The number of nitrogens with one attached hydrogen (secondary N) is 1. The third-order valence-corrected chi connectivity index (χ3v) is 2.04. The van der Waals surface area contributed by atoms with Gasteiger partial charge >= 0.3 is 5.97 Å². The maximum atomic E-state index is 11.5. The van der Waals surface area contributed by atoms with Gasteiger partial charge in [0, 0.05) is 19.1 Å². The lowest BCUT2D eigenvalue weighted by atomic mass is 10.3. The van der Waals surface area contributed by atoms with Crippen molar-refractivity contribution in [2.24, 2.45) is 0 Å². The van der Waals surface area contributed by atoms with Crippen molar-refractivity contribution in [1.29, 1.82) is 0 Å². The van der Waals surface area contributed by atoms with Gasteiger partial charge in [-0.3, -0.25) is 14.5 Å². The number of hydrogen-bond acceptors (Lipinski definition) is 4. The zero-order valence-corrected chi connectivity index (χ0v) is 11.1. The smallest absolute Gasteiger partial charge is 0.317 e. The predicted octanol–water partition coefficient (Wildman–Crippen LogP) is -0.541. The lowest BCUT2D eigenvalue weighted by Crippen LogP contribution is -2.44. The number of carboxylic acid groups (broad SMARTS) is 1. The number of carbonyl (C=O) groups excluding carboxylic acids is 1. The fourth-order valence-corrected chi connectivity index (χ4v) is 1.32. The average molecular weight is 245 g/mol. The molecule has 17 heavy (non-hydrogen) atoms. The molecular weight excluding hydrogens is 222 g/mol. The molecule has 0 aliphatic carbocycles. The van der Waals surface area contributed by atoms with Crippen molar-refractivity contribution < 1.29 is 14.7 Å². The minimum Gasteiger partial charge on any atom is -0.480 e. The number of amides is 1. The van der Waals surface area contributed by atoms with Gasteiger partial charge in [-0.05, 0) is 27.9 Å². The van der Waals surface area contributed by atoms with Gasteiger partial charge < -0.3 is 15.3 Å². The Hall–Kier alpha value is -1.14. The zero-order valence-electron chi connectivity index (χ0n) is 11.1. The number of rotatable bonds is 8. The third-order valence-electron chi connectivity index (χ3n) is 2.04. The first-order valence-corrected chi connectivity index (χ1v) is 5.69. The van der Waals surface area contributed by atoms with Crippen molar-refractivity contribution >= 4 is 11.9 Å². The highest BCUT2D eigenvalue weighted by atomic mass is 16.4. The van der Waals surface area contributed by atoms with Crippen molar-refractivity contribution in [2.45, 2.75) is 19.9 Å². The maximum Gasteiger partial charge on any atom is 0.317 e. The number of nitrogens with zero attached hydrogens (tertiary/aromatic N) is 2. The summed E-state index contributed by atoms with van der Waals surface area (Å²) in [5.74, 6) is -1.05. The van der Waals surface area contributed by atoms with E-state index in [2.05, 4.69) is 5.32 Å². The van der Waals surface area contributed by atoms with Crippen molar-refractivity contribution in [1.82, 2.24) is 15.1 Å². The molecule has 0 aromatic heterocycles. The lowest BCUT2D eigenvalue weighted by molar-refractivity contribution is -0.138. The number of hydrogen-bond donors (Lipinski definition) is 2. The van der Waals surface area contributed by atoms with Crippen LogP contribution in [0.2, 0.25) is 0 Å². The average Bonchev–Trinajstić information content (AvgIpc) is 2.11. The molecule has 0 heterocycles. The Morgan fingerprint density at radius 1 is 1.18 bits per heavy atom. The van der Waals surface area contributed by atoms with Crippen LogP contribution in [0.5, 0.6) is 0 Å². The van der Waals surface area contributed by atoms with Gasteiger partial charge in [-0.15, -0.1) is 0 Å². The summed E-state index contributed by atoms with van der Waals surface area (Å²) in [7, 11) is 3.82. The highest BCUT2D eigenvalue weighted by molar-refractivity contribution is 5.79. The summed E-state index contributed by atoms with van der Waals surface area (Å²) in [6, 6.07) is 0.0722. The van der Waals surface area contributed by atoms with E-state index in [-0.39, 0.29) is 25.0 Å². The van der Waals surface area contributed by atoms with Crippen LogP contribution in [0.4, 0.5) is 0 Å². The molecule has 0 spiro atoms. The second kappa shape index (κ2) is 8.03. The van der Waals surface area contributed by atoms with Crippen LogP contribution in [-0.4, -0.2) is 73.1 Å². The Balaban J connectivity index is 4.17. The van der Waals surface area contributed by atoms with E-state index in [0.717, 1.165) is 6.54 Å². The Morgan fingerprint density at radius 3 is 2.18 bits per heavy atom. The predicted molar refractivity (Wildman–Crippen MR) is 65.9 cm³/mol. The number of likely N-dealkylation sites (N-methyl/N-ethyl adjacent to an activating group) is 1. The summed E-state index contributed by atoms with van der Waals surface area (Å²) < 4.78 is 0. The highest BCUT2D eigenvalue weighted by Crippen LogP contribution is 1.90. The fourth-order valence-electron chi connectivity index (χ4n) is 1.32. The molecule has 6 heteroatoms. The second-order valence-electron chi connectivity index (χ2n) is 4.63. The molecule has 0 atom stereocenters. The molecule has 0 fully saturated rings. The van der Waals surface area contributed by atoms with E-state index in [1.807, 2.05) is 32.8 Å². The van der Waals surface area contributed by atoms with Crippen molar-refractivity contribution in [2.75, 3.05) is 40.3 Å². The van der Waals surface area contributed by atoms with Gasteiger partial charge in [-0.2, -0.15) is 0 Å². The molecule has 0 aliphatic rings. The fraction of sp³-hybridized carbons (Fsp3) is 0.818. The van der Waals surface area contributed by atoms with Crippen LogP contribution in [0.3, 0.4) is 0 Å². The van der Waals surface area contributed by atoms with E-state index in [0.29, 0.717) is 6.54 Å². The second-order valence-corrected chi connectivity index (χ2v) is 4.63. The minimum absolute atomic E-state index is 0.0722. The van der Waals surface area contributed by atoms with E-state index in [9.17, 15) is 9.59 Å². The van der Waals surface area contributed by atoms with Crippen molar-refractivity contribution in [3.63, 3.8) is 0 Å². The van der Waals surface area contributed by atoms with Gasteiger partial charge in [0.2, 0.25) is 5.91 Å². The Kier molecular flexibility index (Phi) is 7.49. The first-order valence-electron chi connectivity index (χ1n) is 5.69. The molecule has 0 bridgehead atoms. The van der Waals surface area contributed by atoms with Crippen LogP contribution in [0.15, 0.2) is 0 Å². The highest BCUT2D eigenvalue weighted by Gasteiger charge is 2.14. The van der Waals surface area contributed by atoms with E-state index >= 15 is 0 Å². The normalized spacial score (nSPS) is 11.2. The van der Waals surface area contributed by atoms with E-state index in [1.54, 1.807) is 4.90 Å². The van der Waals surface area contributed by atoms with E-state index in [4.69, 9.17) is 5.11 Å². The standard InChI is InChI=1S/C11H23N3O3/c1-9(2)12-10(15)7-14(8-11(16)17)6-5-13(3)4/h9H,5-8H2,1-4H3,(H,12,15)(H,16,17). The van der Waals surface area contributed by atoms with Gasteiger partial charge in [-0.1, -0.05) is 0 Å². The monoisotopic (exact) mass is 245 g/mol. The first kappa shape index (κ1) is 15.9. The topological polar surface area (TPSA) is 72.9 Å². The molecule has 1 amide bonds. The number of carboxylic acids is 1. The molecule has 0 saturated heterocycles. The van der Waals surface area contributed by atoms with Crippen molar-refractivity contribution in [3.8, 4) is 0 Å². The van der Waals surface area contributed by atoms with Crippen LogP contribution in [0.1, 0.15) is 13.8 Å². The van der Waals surface area contributed by atoms with Crippen LogP contribution < -0.4 is 5.32 Å². The van der Waals surface area contributed by atoms with E-state index in [1.165, 1.54) is 0 Å². The molecule has 0 aromatic rings. The number of aliphatic carboxylic acids is 1. The summed E-state index contributed by atoms with van der Waals surface area (Å²) in [6.07, 6.45) is 0. The first-order chi connectivity index (χ1) is 7.81. The maximum absolute atomic E-state index is 11.5. The summed E-state index contributed by atoms with van der Waals surface area (Å²) in [5.41, 5.74) is 0.